The van der Waals surface area contributed by atoms with Crippen molar-refractivity contribution in [3.05, 3.63) is 52.6 Å². The Labute approximate surface area is 178 Å². The molecule has 0 saturated carbocycles. The number of methoxy groups -OCH3 is 3. The van der Waals surface area contributed by atoms with Crippen molar-refractivity contribution in [3.8, 4) is 17.2 Å². The van der Waals surface area contributed by atoms with E-state index in [2.05, 4.69) is 22.3 Å². The Balaban J connectivity index is 1.42. The van der Waals surface area contributed by atoms with E-state index in [0.29, 0.717) is 6.54 Å². The average Bonchev–Trinajstić information content (AvgIpc) is 2.77. The minimum absolute atomic E-state index is 0.0535. The number of amides is 1. The molecule has 1 aliphatic carbocycles. The highest BCUT2D eigenvalue weighted by Gasteiger charge is 2.26. The number of carbonyl (C=O) groups excluding carboxylic acids is 1. The summed E-state index contributed by atoms with van der Waals surface area (Å²) < 4.78 is 16.4. The summed E-state index contributed by atoms with van der Waals surface area (Å²) >= 11 is 0. The third-order valence-corrected chi connectivity index (χ3v) is 6.18. The van der Waals surface area contributed by atoms with Gasteiger partial charge in [0.15, 0.2) is 11.5 Å². The van der Waals surface area contributed by atoms with Crippen LogP contribution in [0.1, 0.15) is 41.1 Å². The van der Waals surface area contributed by atoms with Crippen LogP contribution in [0, 0.1) is 0 Å². The number of hydrogen-bond donors (Lipinski definition) is 1. The van der Waals surface area contributed by atoms with E-state index >= 15 is 0 Å². The van der Waals surface area contributed by atoms with Crippen LogP contribution in [0.15, 0.2) is 30.3 Å². The number of nitrogens with one attached hydrogen (secondary N) is 1. The molecular weight excluding hydrogens is 380 g/mol. The predicted octanol–water partition coefficient (Wildman–Crippen LogP) is 3.26. The number of nitrogens with zero attached hydrogens (tertiary/aromatic N) is 1. The van der Waals surface area contributed by atoms with Gasteiger partial charge in [0.2, 0.25) is 5.91 Å². The molecule has 0 radical (unpaired) electrons. The standard InChI is InChI=1S/C24H30N2O4/c1-28-21-9-5-6-18-19(21)7-4-8-20(18)25-24(27)15-26-11-10-16-12-22(29-2)23(30-3)13-17(16)14-26/h5-6,9,12-13,20H,4,7-8,10-11,14-15H2,1-3H3,(H,25,27). The van der Waals surface area contributed by atoms with Crippen LogP contribution >= 0.6 is 0 Å². The Hall–Kier alpha value is -2.73. The van der Waals surface area contributed by atoms with Gasteiger partial charge in [-0.3, -0.25) is 9.69 Å². The first-order chi connectivity index (χ1) is 14.6. The summed E-state index contributed by atoms with van der Waals surface area (Å²) in [6.07, 6.45) is 3.91. The quantitative estimate of drug-likeness (QED) is 0.792. The van der Waals surface area contributed by atoms with Gasteiger partial charge < -0.3 is 19.5 Å². The van der Waals surface area contributed by atoms with Gasteiger partial charge in [0, 0.05) is 13.1 Å². The maximum Gasteiger partial charge on any atom is 0.234 e. The van der Waals surface area contributed by atoms with E-state index in [-0.39, 0.29) is 11.9 Å². The Kier molecular flexibility index (Phi) is 6.13. The molecule has 4 rings (SSSR count). The first kappa shape index (κ1) is 20.5. The van der Waals surface area contributed by atoms with E-state index in [0.717, 1.165) is 56.0 Å². The smallest absolute Gasteiger partial charge is 0.234 e. The van der Waals surface area contributed by atoms with E-state index in [1.807, 2.05) is 18.2 Å². The van der Waals surface area contributed by atoms with Crippen molar-refractivity contribution < 1.29 is 19.0 Å². The number of ether oxygens (including phenoxy) is 3. The average molecular weight is 411 g/mol. The molecule has 2 aliphatic rings. The van der Waals surface area contributed by atoms with Gasteiger partial charge in [-0.2, -0.15) is 0 Å². The van der Waals surface area contributed by atoms with Crippen molar-refractivity contribution in [3.63, 3.8) is 0 Å². The highest BCUT2D eigenvalue weighted by molar-refractivity contribution is 5.78. The van der Waals surface area contributed by atoms with E-state index in [1.165, 1.54) is 22.3 Å². The third-order valence-electron chi connectivity index (χ3n) is 6.18. The molecule has 2 aromatic carbocycles. The highest BCUT2D eigenvalue weighted by Crippen LogP contribution is 2.35. The maximum atomic E-state index is 12.9. The van der Waals surface area contributed by atoms with Crippen molar-refractivity contribution in [1.82, 2.24) is 10.2 Å². The normalized spacial score (nSPS) is 18.2. The first-order valence-electron chi connectivity index (χ1n) is 10.5. The second kappa shape index (κ2) is 8.96. The van der Waals surface area contributed by atoms with E-state index < -0.39 is 0 Å². The molecule has 0 bridgehead atoms. The van der Waals surface area contributed by atoms with Gasteiger partial charge in [-0.05, 0) is 66.1 Å². The van der Waals surface area contributed by atoms with Gasteiger partial charge in [0.05, 0.1) is 33.9 Å². The third kappa shape index (κ3) is 4.10. The summed E-state index contributed by atoms with van der Waals surface area (Å²) in [4.78, 5) is 15.0. The summed E-state index contributed by atoms with van der Waals surface area (Å²) in [5, 5.41) is 3.26. The fraction of sp³-hybridized carbons (Fsp3) is 0.458. The van der Waals surface area contributed by atoms with Crippen LogP contribution in [0.5, 0.6) is 17.2 Å². The van der Waals surface area contributed by atoms with Crippen molar-refractivity contribution in [2.75, 3.05) is 34.4 Å². The molecule has 1 N–H and O–H groups in total. The Morgan fingerprint density at radius 3 is 2.50 bits per heavy atom. The molecule has 6 heteroatoms. The van der Waals surface area contributed by atoms with Gasteiger partial charge in [0.1, 0.15) is 5.75 Å². The SMILES string of the molecule is COc1cc2c(cc1OC)CN(CC(=O)NC1CCCc3c(OC)cccc31)CC2. The number of hydrogen-bond acceptors (Lipinski definition) is 5. The molecule has 0 spiro atoms. The Morgan fingerprint density at radius 1 is 1.03 bits per heavy atom. The summed E-state index contributed by atoms with van der Waals surface area (Å²) in [6.45, 7) is 1.98. The van der Waals surface area contributed by atoms with Crippen LogP contribution in [-0.2, 0) is 24.2 Å². The molecule has 0 fully saturated rings. The van der Waals surface area contributed by atoms with Crippen LogP contribution in [0.3, 0.4) is 0 Å². The first-order valence-corrected chi connectivity index (χ1v) is 10.5. The maximum absolute atomic E-state index is 12.9. The molecule has 1 aliphatic heterocycles. The fourth-order valence-corrected chi connectivity index (χ4v) is 4.68. The molecule has 1 amide bonds. The second-order valence-corrected chi connectivity index (χ2v) is 7.98. The molecule has 160 valence electrons. The number of rotatable bonds is 6. The van der Waals surface area contributed by atoms with Crippen LogP contribution in [0.4, 0.5) is 0 Å². The van der Waals surface area contributed by atoms with E-state index in [9.17, 15) is 4.79 Å². The molecule has 6 nitrogen and oxygen atoms in total. The zero-order chi connectivity index (χ0) is 21.1. The molecule has 2 aromatic rings. The van der Waals surface area contributed by atoms with Gasteiger partial charge in [-0.1, -0.05) is 12.1 Å². The molecule has 0 aromatic heterocycles. The lowest BCUT2D eigenvalue weighted by atomic mass is 9.87. The van der Waals surface area contributed by atoms with Crippen molar-refractivity contribution in [2.24, 2.45) is 0 Å². The molecule has 1 unspecified atom stereocenters. The fourth-order valence-electron chi connectivity index (χ4n) is 4.68. The lowest BCUT2D eigenvalue weighted by molar-refractivity contribution is -0.123. The summed E-state index contributed by atoms with van der Waals surface area (Å²) in [7, 11) is 5.01. The highest BCUT2D eigenvalue weighted by atomic mass is 16.5. The van der Waals surface area contributed by atoms with Crippen molar-refractivity contribution in [1.29, 1.82) is 0 Å². The number of carbonyl (C=O) groups is 1. The molecule has 1 atom stereocenters. The van der Waals surface area contributed by atoms with Crippen LogP contribution in [-0.4, -0.2) is 45.2 Å². The van der Waals surface area contributed by atoms with Gasteiger partial charge in [0.25, 0.3) is 0 Å². The number of fused-ring (bicyclic) bond motifs is 2. The minimum atomic E-state index is 0.0535. The Bertz CT molecular complexity index is 928. The van der Waals surface area contributed by atoms with Crippen LogP contribution in [0.25, 0.3) is 0 Å². The summed E-state index contributed by atoms with van der Waals surface area (Å²) in [5.74, 6) is 2.48. The molecule has 1 heterocycles. The number of benzene rings is 2. The van der Waals surface area contributed by atoms with Crippen molar-refractivity contribution >= 4 is 5.91 Å². The molecular formula is C24H30N2O4. The lowest BCUT2D eigenvalue weighted by Gasteiger charge is -2.31. The second-order valence-electron chi connectivity index (χ2n) is 7.98. The Morgan fingerprint density at radius 2 is 1.77 bits per heavy atom. The largest absolute Gasteiger partial charge is 0.496 e. The zero-order valence-electron chi connectivity index (χ0n) is 18.0. The van der Waals surface area contributed by atoms with Crippen LogP contribution in [0.2, 0.25) is 0 Å². The monoisotopic (exact) mass is 410 g/mol. The van der Waals surface area contributed by atoms with Gasteiger partial charge in [-0.25, -0.2) is 0 Å². The topological polar surface area (TPSA) is 60.0 Å². The van der Waals surface area contributed by atoms with Gasteiger partial charge >= 0.3 is 0 Å². The predicted molar refractivity (Wildman–Crippen MR) is 115 cm³/mol. The lowest BCUT2D eigenvalue weighted by Crippen LogP contribution is -2.41. The zero-order valence-corrected chi connectivity index (χ0v) is 18.0. The van der Waals surface area contributed by atoms with E-state index in [1.54, 1.807) is 21.3 Å². The minimum Gasteiger partial charge on any atom is -0.496 e. The molecule has 30 heavy (non-hydrogen) atoms. The van der Waals surface area contributed by atoms with Crippen LogP contribution < -0.4 is 19.5 Å². The van der Waals surface area contributed by atoms with E-state index in [4.69, 9.17) is 14.2 Å². The summed E-state index contributed by atoms with van der Waals surface area (Å²) in [5.41, 5.74) is 4.87. The summed E-state index contributed by atoms with van der Waals surface area (Å²) in [6, 6.07) is 10.2. The van der Waals surface area contributed by atoms with Crippen molar-refractivity contribution in [2.45, 2.75) is 38.3 Å². The molecule has 0 saturated heterocycles. The van der Waals surface area contributed by atoms with Gasteiger partial charge in [-0.15, -0.1) is 0 Å².